The van der Waals surface area contributed by atoms with E-state index in [2.05, 4.69) is 35.5 Å². The summed E-state index contributed by atoms with van der Waals surface area (Å²) in [5.41, 5.74) is 0. The molecular weight excluding hydrogens is 210 g/mol. The summed E-state index contributed by atoms with van der Waals surface area (Å²) in [6, 6.07) is 0. The zero-order chi connectivity index (χ0) is 11.3. The zero-order valence-corrected chi connectivity index (χ0v) is 10.6. The molecule has 1 rings (SSSR count). The standard InChI is InChI=1S/C11H20ClN3/c1-4-7-15-10(6-5-9(2)3)13-14-11(15)8-12/h9H,4-8H2,1-3H3. The molecule has 0 amide bonds. The maximum Gasteiger partial charge on any atom is 0.147 e. The minimum atomic E-state index is 0.453. The Morgan fingerprint density at radius 1 is 1.27 bits per heavy atom. The van der Waals surface area contributed by atoms with Crippen molar-refractivity contribution < 1.29 is 0 Å². The molecule has 1 aromatic heterocycles. The summed E-state index contributed by atoms with van der Waals surface area (Å²) >= 11 is 5.82. The number of alkyl halides is 1. The van der Waals surface area contributed by atoms with Crippen molar-refractivity contribution >= 4 is 11.6 Å². The number of halogens is 1. The van der Waals surface area contributed by atoms with Crippen LogP contribution in [0.4, 0.5) is 0 Å². The number of hydrogen-bond acceptors (Lipinski definition) is 2. The molecule has 15 heavy (non-hydrogen) atoms. The summed E-state index contributed by atoms with van der Waals surface area (Å²) in [5.74, 6) is 3.14. The number of nitrogens with zero attached hydrogens (tertiary/aromatic N) is 3. The number of hydrogen-bond donors (Lipinski definition) is 0. The highest BCUT2D eigenvalue weighted by atomic mass is 35.5. The first kappa shape index (κ1) is 12.5. The van der Waals surface area contributed by atoms with Crippen LogP contribution in [0.2, 0.25) is 0 Å². The van der Waals surface area contributed by atoms with Gasteiger partial charge in [0.25, 0.3) is 0 Å². The molecule has 0 aliphatic rings. The van der Waals surface area contributed by atoms with E-state index in [1.807, 2.05) is 0 Å². The highest BCUT2D eigenvalue weighted by Gasteiger charge is 2.10. The van der Waals surface area contributed by atoms with Crippen molar-refractivity contribution in [2.75, 3.05) is 0 Å². The molecule has 0 fully saturated rings. The Bertz CT molecular complexity index is 294. The SMILES string of the molecule is CCCn1c(CCl)nnc1CCC(C)C. The summed E-state index contributed by atoms with van der Waals surface area (Å²) < 4.78 is 2.16. The highest BCUT2D eigenvalue weighted by Crippen LogP contribution is 2.11. The lowest BCUT2D eigenvalue weighted by molar-refractivity contribution is 0.545. The van der Waals surface area contributed by atoms with Crippen molar-refractivity contribution in [1.29, 1.82) is 0 Å². The highest BCUT2D eigenvalue weighted by molar-refractivity contribution is 6.16. The normalized spacial score (nSPS) is 11.3. The summed E-state index contributed by atoms with van der Waals surface area (Å²) in [4.78, 5) is 0. The van der Waals surface area contributed by atoms with E-state index in [-0.39, 0.29) is 0 Å². The fourth-order valence-electron chi connectivity index (χ4n) is 1.56. The van der Waals surface area contributed by atoms with Gasteiger partial charge in [0, 0.05) is 13.0 Å². The molecule has 1 heterocycles. The molecule has 0 aromatic carbocycles. The van der Waals surface area contributed by atoms with Crippen LogP contribution in [0.5, 0.6) is 0 Å². The second kappa shape index (κ2) is 6.11. The predicted molar refractivity (Wildman–Crippen MR) is 63.0 cm³/mol. The molecule has 0 aliphatic heterocycles. The van der Waals surface area contributed by atoms with E-state index in [4.69, 9.17) is 11.6 Å². The van der Waals surface area contributed by atoms with Gasteiger partial charge in [-0.05, 0) is 18.8 Å². The Hall–Kier alpha value is -0.570. The maximum absolute atomic E-state index is 5.82. The number of rotatable bonds is 6. The van der Waals surface area contributed by atoms with Crippen molar-refractivity contribution in [3.63, 3.8) is 0 Å². The largest absolute Gasteiger partial charge is 0.314 e. The average Bonchev–Trinajstić information content (AvgIpc) is 2.58. The molecule has 0 bridgehead atoms. The lowest BCUT2D eigenvalue weighted by Gasteiger charge is -2.08. The zero-order valence-electron chi connectivity index (χ0n) is 9.83. The third-order valence-electron chi connectivity index (χ3n) is 2.42. The number of aryl methyl sites for hydroxylation is 1. The van der Waals surface area contributed by atoms with Crippen molar-refractivity contribution in [2.24, 2.45) is 5.92 Å². The van der Waals surface area contributed by atoms with Crippen LogP contribution < -0.4 is 0 Å². The fraction of sp³-hybridized carbons (Fsp3) is 0.818. The summed E-state index contributed by atoms with van der Waals surface area (Å²) in [6.07, 6.45) is 3.25. The Labute approximate surface area is 96.8 Å². The van der Waals surface area contributed by atoms with Gasteiger partial charge in [0.2, 0.25) is 0 Å². The Kier molecular flexibility index (Phi) is 5.09. The van der Waals surface area contributed by atoms with Gasteiger partial charge in [-0.1, -0.05) is 20.8 Å². The smallest absolute Gasteiger partial charge is 0.147 e. The van der Waals surface area contributed by atoms with Gasteiger partial charge in [0.15, 0.2) is 0 Å². The summed E-state index contributed by atoms with van der Waals surface area (Å²) in [7, 11) is 0. The van der Waals surface area contributed by atoms with Gasteiger partial charge in [-0.3, -0.25) is 0 Å². The third kappa shape index (κ3) is 3.49. The molecule has 0 spiro atoms. The van der Waals surface area contributed by atoms with E-state index in [1.165, 1.54) is 0 Å². The van der Waals surface area contributed by atoms with Crippen LogP contribution in [0.25, 0.3) is 0 Å². The van der Waals surface area contributed by atoms with E-state index in [0.29, 0.717) is 11.8 Å². The fourth-order valence-corrected chi connectivity index (χ4v) is 1.75. The first-order valence-corrected chi connectivity index (χ1v) is 6.19. The van der Waals surface area contributed by atoms with Crippen LogP contribution in [0, 0.1) is 5.92 Å². The van der Waals surface area contributed by atoms with Crippen LogP contribution in [-0.2, 0) is 18.8 Å². The van der Waals surface area contributed by atoms with E-state index in [1.54, 1.807) is 0 Å². The Morgan fingerprint density at radius 3 is 2.47 bits per heavy atom. The van der Waals surface area contributed by atoms with Crippen LogP contribution in [0.3, 0.4) is 0 Å². The number of aromatic nitrogens is 3. The minimum Gasteiger partial charge on any atom is -0.314 e. The molecule has 0 saturated heterocycles. The Balaban J connectivity index is 2.72. The van der Waals surface area contributed by atoms with Crippen LogP contribution in [0.1, 0.15) is 45.3 Å². The molecule has 86 valence electrons. The van der Waals surface area contributed by atoms with Gasteiger partial charge in [-0.25, -0.2) is 0 Å². The van der Waals surface area contributed by atoms with E-state index in [9.17, 15) is 0 Å². The molecule has 0 saturated carbocycles. The van der Waals surface area contributed by atoms with E-state index < -0.39 is 0 Å². The van der Waals surface area contributed by atoms with E-state index >= 15 is 0 Å². The monoisotopic (exact) mass is 229 g/mol. The van der Waals surface area contributed by atoms with Crippen LogP contribution >= 0.6 is 11.6 Å². The second-order valence-electron chi connectivity index (χ2n) is 4.25. The topological polar surface area (TPSA) is 30.7 Å². The minimum absolute atomic E-state index is 0.453. The molecule has 0 unspecified atom stereocenters. The Morgan fingerprint density at radius 2 is 1.93 bits per heavy atom. The lowest BCUT2D eigenvalue weighted by atomic mass is 10.1. The maximum atomic E-state index is 5.82. The molecule has 4 heteroatoms. The van der Waals surface area contributed by atoms with Gasteiger partial charge in [0.1, 0.15) is 11.6 Å². The molecule has 1 aromatic rings. The van der Waals surface area contributed by atoms with Crippen molar-refractivity contribution in [2.45, 2.75) is 52.5 Å². The van der Waals surface area contributed by atoms with Gasteiger partial charge in [-0.15, -0.1) is 21.8 Å². The molecule has 0 N–H and O–H groups in total. The first-order chi connectivity index (χ1) is 7.19. The second-order valence-corrected chi connectivity index (χ2v) is 4.52. The van der Waals surface area contributed by atoms with Crippen LogP contribution in [-0.4, -0.2) is 14.8 Å². The third-order valence-corrected chi connectivity index (χ3v) is 2.66. The van der Waals surface area contributed by atoms with Gasteiger partial charge in [0.05, 0.1) is 5.88 Å². The molecule has 0 aliphatic carbocycles. The summed E-state index contributed by atoms with van der Waals surface area (Å²) in [5, 5.41) is 8.32. The lowest BCUT2D eigenvalue weighted by Crippen LogP contribution is -2.07. The average molecular weight is 230 g/mol. The van der Waals surface area contributed by atoms with Gasteiger partial charge < -0.3 is 4.57 Å². The van der Waals surface area contributed by atoms with Crippen molar-refractivity contribution in [3.8, 4) is 0 Å². The van der Waals surface area contributed by atoms with Crippen molar-refractivity contribution in [1.82, 2.24) is 14.8 Å². The van der Waals surface area contributed by atoms with Crippen LogP contribution in [0.15, 0.2) is 0 Å². The predicted octanol–water partition coefficient (Wildman–Crippen LogP) is 3.02. The van der Waals surface area contributed by atoms with Gasteiger partial charge >= 0.3 is 0 Å². The molecular formula is C11H20ClN3. The van der Waals surface area contributed by atoms with Crippen molar-refractivity contribution in [3.05, 3.63) is 11.6 Å². The summed E-state index contributed by atoms with van der Waals surface area (Å²) in [6.45, 7) is 7.58. The molecule has 0 radical (unpaired) electrons. The molecule has 0 atom stereocenters. The molecule has 3 nitrogen and oxygen atoms in total. The van der Waals surface area contributed by atoms with Gasteiger partial charge in [-0.2, -0.15) is 0 Å². The quantitative estimate of drug-likeness (QED) is 0.703. The van der Waals surface area contributed by atoms with E-state index in [0.717, 1.165) is 37.5 Å². The first-order valence-electron chi connectivity index (χ1n) is 5.66.